The average Bonchev–Trinajstić information content (AvgIpc) is 2.95. The molecule has 2 aliphatic rings. The number of hydrogen-bond acceptors (Lipinski definition) is 5. The van der Waals surface area contributed by atoms with Gasteiger partial charge in [0.2, 0.25) is 0 Å². The van der Waals surface area contributed by atoms with Crippen LogP contribution >= 0.6 is 0 Å². The number of hydrogen-bond donors (Lipinski definition) is 1. The summed E-state index contributed by atoms with van der Waals surface area (Å²) in [7, 11) is 0. The summed E-state index contributed by atoms with van der Waals surface area (Å²) in [5.41, 5.74) is -0.267. The lowest BCUT2D eigenvalue weighted by Gasteiger charge is -2.35. The highest BCUT2D eigenvalue weighted by atomic mass is 16.6. The minimum absolute atomic E-state index is 0.0761. The first-order valence-electron chi connectivity index (χ1n) is 8.82. The third-order valence-corrected chi connectivity index (χ3v) is 4.50. The standard InChI is InChI=1S/C20H23NO6/c1-19(2,3)27-18(25)21-9-8-20(12-21)11-15(22)14-10-13(5-7-17(23)24)4-6-16(14)26-20/h4-7,10H,8-9,11-12H2,1-3H3,(H,23,24)/b7-5+. The Morgan fingerprint density at radius 3 is 2.74 bits per heavy atom. The van der Waals surface area contributed by atoms with Crippen molar-refractivity contribution in [3.63, 3.8) is 0 Å². The molecular formula is C20H23NO6. The zero-order chi connectivity index (χ0) is 19.8. The Labute approximate surface area is 157 Å². The molecule has 7 nitrogen and oxygen atoms in total. The summed E-state index contributed by atoms with van der Waals surface area (Å²) < 4.78 is 11.5. The first-order chi connectivity index (χ1) is 12.6. The molecule has 1 aromatic carbocycles. The van der Waals surface area contributed by atoms with E-state index >= 15 is 0 Å². The highest BCUT2D eigenvalue weighted by Crippen LogP contribution is 2.39. The Kier molecular flexibility index (Phi) is 4.71. The van der Waals surface area contributed by atoms with E-state index in [0.717, 1.165) is 6.08 Å². The maximum absolute atomic E-state index is 12.7. The first-order valence-corrected chi connectivity index (χ1v) is 8.82. The fraction of sp³-hybridized carbons (Fsp3) is 0.450. The van der Waals surface area contributed by atoms with Crippen LogP contribution in [0.3, 0.4) is 0 Å². The van der Waals surface area contributed by atoms with Crippen molar-refractivity contribution in [3.05, 3.63) is 35.4 Å². The van der Waals surface area contributed by atoms with E-state index in [-0.39, 0.29) is 12.2 Å². The van der Waals surface area contributed by atoms with Crippen LogP contribution in [-0.2, 0) is 9.53 Å². The Morgan fingerprint density at radius 1 is 1.33 bits per heavy atom. The smallest absolute Gasteiger partial charge is 0.410 e. The van der Waals surface area contributed by atoms with Crippen molar-refractivity contribution in [2.75, 3.05) is 13.1 Å². The minimum atomic E-state index is -1.05. The van der Waals surface area contributed by atoms with E-state index in [1.54, 1.807) is 23.1 Å². The summed E-state index contributed by atoms with van der Waals surface area (Å²) >= 11 is 0. The van der Waals surface area contributed by atoms with E-state index in [2.05, 4.69) is 0 Å². The highest BCUT2D eigenvalue weighted by Gasteiger charge is 2.47. The molecule has 7 heteroatoms. The van der Waals surface area contributed by atoms with Crippen LogP contribution < -0.4 is 4.74 Å². The van der Waals surface area contributed by atoms with Gasteiger partial charge in [-0.15, -0.1) is 0 Å². The zero-order valence-corrected chi connectivity index (χ0v) is 15.7. The van der Waals surface area contributed by atoms with Gasteiger partial charge in [0.1, 0.15) is 17.0 Å². The van der Waals surface area contributed by atoms with Gasteiger partial charge in [0, 0.05) is 19.0 Å². The Bertz CT molecular complexity index is 822. The van der Waals surface area contributed by atoms with Crippen molar-refractivity contribution in [2.24, 2.45) is 0 Å². The van der Waals surface area contributed by atoms with Gasteiger partial charge in [-0.1, -0.05) is 6.07 Å². The number of ether oxygens (including phenoxy) is 2. The molecule has 1 fully saturated rings. The van der Waals surface area contributed by atoms with Crippen molar-refractivity contribution in [2.45, 2.75) is 44.8 Å². The molecule has 1 amide bonds. The summed E-state index contributed by atoms with van der Waals surface area (Å²) in [6, 6.07) is 5.00. The lowest BCUT2D eigenvalue weighted by molar-refractivity contribution is -0.131. The number of carboxylic acids is 1. The van der Waals surface area contributed by atoms with Crippen LogP contribution in [0, 0.1) is 0 Å². The minimum Gasteiger partial charge on any atom is -0.484 e. The normalized spacial score (nSPS) is 22.0. The highest BCUT2D eigenvalue weighted by molar-refractivity contribution is 6.01. The molecule has 3 rings (SSSR count). The topological polar surface area (TPSA) is 93.1 Å². The Morgan fingerprint density at radius 2 is 2.07 bits per heavy atom. The Balaban J connectivity index is 1.76. The van der Waals surface area contributed by atoms with Crippen LogP contribution in [0.5, 0.6) is 5.75 Å². The molecule has 1 spiro atoms. The number of Topliss-reactive ketones (excluding diaryl/α,β-unsaturated/α-hetero) is 1. The van der Waals surface area contributed by atoms with E-state index in [1.165, 1.54) is 6.08 Å². The molecule has 1 saturated heterocycles. The average molecular weight is 373 g/mol. The largest absolute Gasteiger partial charge is 0.484 e. The quantitative estimate of drug-likeness (QED) is 0.801. The van der Waals surface area contributed by atoms with Crippen LogP contribution in [0.25, 0.3) is 6.08 Å². The van der Waals surface area contributed by atoms with Crippen molar-refractivity contribution in [1.29, 1.82) is 0 Å². The lowest BCUT2D eigenvalue weighted by Crippen LogP contribution is -2.46. The molecular weight excluding hydrogens is 350 g/mol. The van der Waals surface area contributed by atoms with Gasteiger partial charge in [0.05, 0.1) is 18.5 Å². The summed E-state index contributed by atoms with van der Waals surface area (Å²) in [4.78, 5) is 37.2. The fourth-order valence-corrected chi connectivity index (χ4v) is 3.34. The third kappa shape index (κ3) is 4.30. The van der Waals surface area contributed by atoms with Crippen LogP contribution in [0.4, 0.5) is 4.79 Å². The van der Waals surface area contributed by atoms with Crippen molar-refractivity contribution in [1.82, 2.24) is 4.90 Å². The van der Waals surface area contributed by atoms with E-state index in [0.29, 0.717) is 36.4 Å². The van der Waals surface area contributed by atoms with Gasteiger partial charge < -0.3 is 19.5 Å². The molecule has 0 radical (unpaired) electrons. The molecule has 1 atom stereocenters. The molecule has 0 saturated carbocycles. The summed E-state index contributed by atoms with van der Waals surface area (Å²) in [5.74, 6) is -0.667. The number of likely N-dealkylation sites (tertiary alicyclic amines) is 1. The second-order valence-electron chi connectivity index (χ2n) is 7.96. The number of ketones is 1. The van der Waals surface area contributed by atoms with Crippen LogP contribution in [0.1, 0.15) is 49.5 Å². The number of rotatable bonds is 2. The number of fused-ring (bicyclic) bond motifs is 1. The van der Waals surface area contributed by atoms with E-state index in [9.17, 15) is 14.4 Å². The molecule has 1 N–H and O–H groups in total. The third-order valence-electron chi connectivity index (χ3n) is 4.50. The van der Waals surface area contributed by atoms with Crippen LogP contribution in [0.15, 0.2) is 24.3 Å². The molecule has 0 bridgehead atoms. The maximum Gasteiger partial charge on any atom is 0.410 e. The molecule has 2 aliphatic heterocycles. The first kappa shape index (κ1) is 18.9. The predicted octanol–water partition coefficient (Wildman–Crippen LogP) is 3.13. The summed E-state index contributed by atoms with van der Waals surface area (Å²) in [5, 5.41) is 8.72. The van der Waals surface area contributed by atoms with E-state index in [1.807, 2.05) is 20.8 Å². The Hall–Kier alpha value is -2.83. The summed E-state index contributed by atoms with van der Waals surface area (Å²) in [6.45, 7) is 6.20. The predicted molar refractivity (Wildman–Crippen MR) is 97.8 cm³/mol. The number of carbonyl (C=O) groups excluding carboxylic acids is 2. The van der Waals surface area contributed by atoms with Crippen molar-refractivity contribution in [3.8, 4) is 5.75 Å². The number of benzene rings is 1. The lowest BCUT2D eigenvalue weighted by atomic mass is 9.88. The SMILES string of the molecule is CC(C)(C)OC(=O)N1CCC2(CC(=O)c3cc(/C=C/C(=O)O)ccc3O2)C1. The van der Waals surface area contributed by atoms with Gasteiger partial charge in [-0.25, -0.2) is 9.59 Å². The van der Waals surface area contributed by atoms with E-state index in [4.69, 9.17) is 14.6 Å². The van der Waals surface area contributed by atoms with E-state index < -0.39 is 23.3 Å². The molecule has 0 aromatic heterocycles. The maximum atomic E-state index is 12.7. The van der Waals surface area contributed by atoms with Crippen LogP contribution in [-0.4, -0.2) is 52.1 Å². The van der Waals surface area contributed by atoms with Gasteiger partial charge in [-0.05, 0) is 44.5 Å². The van der Waals surface area contributed by atoms with Crippen molar-refractivity contribution < 1.29 is 29.0 Å². The number of carboxylic acid groups (broad SMARTS) is 1. The molecule has 1 aromatic rings. The molecule has 0 aliphatic carbocycles. The number of carbonyl (C=O) groups is 3. The molecule has 1 unspecified atom stereocenters. The number of nitrogens with zero attached hydrogens (tertiary/aromatic N) is 1. The zero-order valence-electron chi connectivity index (χ0n) is 15.7. The summed E-state index contributed by atoms with van der Waals surface area (Å²) in [6.07, 6.45) is 2.77. The monoisotopic (exact) mass is 373 g/mol. The van der Waals surface area contributed by atoms with Gasteiger partial charge in [0.25, 0.3) is 0 Å². The molecule has 27 heavy (non-hydrogen) atoms. The second-order valence-corrected chi connectivity index (χ2v) is 7.96. The van der Waals surface area contributed by atoms with Crippen LogP contribution in [0.2, 0.25) is 0 Å². The van der Waals surface area contributed by atoms with Gasteiger partial charge in [-0.2, -0.15) is 0 Å². The molecule has 2 heterocycles. The van der Waals surface area contributed by atoms with Crippen molar-refractivity contribution >= 4 is 23.9 Å². The second kappa shape index (κ2) is 6.72. The fourth-order valence-electron chi connectivity index (χ4n) is 3.34. The number of amides is 1. The number of aliphatic carboxylic acids is 1. The van der Waals surface area contributed by atoms with Gasteiger partial charge in [-0.3, -0.25) is 4.79 Å². The molecule has 144 valence electrons. The van der Waals surface area contributed by atoms with Gasteiger partial charge in [0.15, 0.2) is 5.78 Å². The van der Waals surface area contributed by atoms with Gasteiger partial charge >= 0.3 is 12.1 Å².